The molecule has 1 aliphatic heterocycles. The van der Waals surface area contributed by atoms with Crippen LogP contribution in [0.15, 0.2) is 18.2 Å². The molecular formula is C17H24ClN. The Morgan fingerprint density at radius 3 is 2.63 bits per heavy atom. The number of hydrogen-bond acceptors (Lipinski definition) is 1. The van der Waals surface area contributed by atoms with Gasteiger partial charge < -0.3 is 4.90 Å². The largest absolute Gasteiger partial charge is 0.368 e. The number of nitrogens with zero attached hydrogens (tertiary/aromatic N) is 1. The van der Waals surface area contributed by atoms with Crippen LogP contribution in [0.3, 0.4) is 0 Å². The van der Waals surface area contributed by atoms with Crippen molar-refractivity contribution in [2.75, 3.05) is 11.4 Å². The van der Waals surface area contributed by atoms with Crippen LogP contribution < -0.4 is 4.90 Å². The van der Waals surface area contributed by atoms with E-state index in [-0.39, 0.29) is 0 Å². The normalized spacial score (nSPS) is 24.3. The molecule has 1 atom stereocenters. The van der Waals surface area contributed by atoms with E-state index in [1.807, 2.05) is 0 Å². The summed E-state index contributed by atoms with van der Waals surface area (Å²) in [6, 6.07) is 7.62. The molecule has 1 aromatic carbocycles. The maximum atomic E-state index is 5.96. The first-order valence-corrected chi connectivity index (χ1v) is 8.25. The molecule has 1 aliphatic carbocycles. The average molecular weight is 278 g/mol. The van der Waals surface area contributed by atoms with Crippen LogP contribution in [0.2, 0.25) is 0 Å². The Hall–Kier alpha value is -0.690. The molecule has 1 saturated carbocycles. The number of benzene rings is 1. The average Bonchev–Trinajstić information content (AvgIpc) is 3.09. The van der Waals surface area contributed by atoms with Gasteiger partial charge in [-0.1, -0.05) is 18.9 Å². The van der Waals surface area contributed by atoms with Crippen molar-refractivity contribution in [1.29, 1.82) is 0 Å². The van der Waals surface area contributed by atoms with Crippen molar-refractivity contribution in [3.8, 4) is 0 Å². The van der Waals surface area contributed by atoms with E-state index >= 15 is 0 Å². The topological polar surface area (TPSA) is 3.24 Å². The van der Waals surface area contributed by atoms with Crippen molar-refractivity contribution in [2.45, 2.75) is 57.4 Å². The zero-order chi connectivity index (χ0) is 13.2. The Kier molecular flexibility index (Phi) is 4.02. The molecule has 1 aromatic rings. The summed E-state index contributed by atoms with van der Waals surface area (Å²) in [7, 11) is 0. The smallest absolute Gasteiger partial charge is 0.0476 e. The van der Waals surface area contributed by atoms with Gasteiger partial charge in [0.15, 0.2) is 0 Å². The first kappa shape index (κ1) is 13.3. The zero-order valence-electron chi connectivity index (χ0n) is 11.9. The molecule has 19 heavy (non-hydrogen) atoms. The maximum Gasteiger partial charge on any atom is 0.0476 e. The molecule has 0 N–H and O–H groups in total. The monoisotopic (exact) mass is 277 g/mol. The minimum atomic E-state index is 0.623. The van der Waals surface area contributed by atoms with Gasteiger partial charge in [-0.2, -0.15) is 0 Å². The molecule has 1 nitrogen and oxygen atoms in total. The Morgan fingerprint density at radius 2 is 1.95 bits per heavy atom. The molecule has 1 unspecified atom stereocenters. The fraction of sp³-hybridized carbons (Fsp3) is 0.647. The molecule has 0 spiro atoms. The second-order valence-electron chi connectivity index (χ2n) is 6.19. The number of alkyl halides is 1. The Bertz CT molecular complexity index is 437. The van der Waals surface area contributed by atoms with Crippen LogP contribution in [0.5, 0.6) is 0 Å². The van der Waals surface area contributed by atoms with E-state index in [0.29, 0.717) is 5.88 Å². The molecule has 0 radical (unpaired) electrons. The van der Waals surface area contributed by atoms with Gasteiger partial charge in [-0.15, -0.1) is 11.6 Å². The second kappa shape index (κ2) is 5.75. The van der Waals surface area contributed by atoms with Gasteiger partial charge in [0.2, 0.25) is 0 Å². The van der Waals surface area contributed by atoms with Crippen LogP contribution in [0.25, 0.3) is 0 Å². The van der Waals surface area contributed by atoms with E-state index in [2.05, 4.69) is 30.0 Å². The molecule has 1 saturated heterocycles. The zero-order valence-corrected chi connectivity index (χ0v) is 12.6. The van der Waals surface area contributed by atoms with E-state index in [1.165, 1.54) is 61.9 Å². The molecule has 2 heteroatoms. The van der Waals surface area contributed by atoms with Gasteiger partial charge in [0, 0.05) is 24.2 Å². The fourth-order valence-corrected chi connectivity index (χ4v) is 4.25. The van der Waals surface area contributed by atoms with Gasteiger partial charge in [-0.25, -0.2) is 0 Å². The lowest BCUT2D eigenvalue weighted by atomic mass is 9.95. The van der Waals surface area contributed by atoms with Crippen LogP contribution in [0.4, 0.5) is 5.69 Å². The summed E-state index contributed by atoms with van der Waals surface area (Å²) in [5.41, 5.74) is 4.02. The van der Waals surface area contributed by atoms with Crippen LogP contribution in [0, 0.1) is 12.8 Å². The molecule has 3 rings (SSSR count). The minimum Gasteiger partial charge on any atom is -0.368 e. The molecular weight excluding hydrogens is 254 g/mol. The third-order valence-corrected chi connectivity index (χ3v) is 5.33. The van der Waals surface area contributed by atoms with Crippen molar-refractivity contribution in [2.24, 2.45) is 5.92 Å². The molecule has 0 amide bonds. The number of rotatable bonds is 3. The first-order valence-electron chi connectivity index (χ1n) is 7.71. The molecule has 1 heterocycles. The Labute approximate surface area is 121 Å². The third-order valence-electron chi connectivity index (χ3n) is 5.05. The van der Waals surface area contributed by atoms with Gasteiger partial charge in [-0.05, 0) is 61.8 Å². The summed E-state index contributed by atoms with van der Waals surface area (Å²) in [5.74, 6) is 1.56. The molecule has 2 fully saturated rings. The van der Waals surface area contributed by atoms with Gasteiger partial charge in [0.05, 0.1) is 0 Å². The van der Waals surface area contributed by atoms with E-state index in [0.717, 1.165) is 12.0 Å². The summed E-state index contributed by atoms with van der Waals surface area (Å²) in [4.78, 5) is 2.67. The van der Waals surface area contributed by atoms with E-state index in [4.69, 9.17) is 11.6 Å². The first-order chi connectivity index (χ1) is 9.29. The number of anilines is 1. The lowest BCUT2D eigenvalue weighted by Gasteiger charge is -2.31. The predicted molar refractivity (Wildman–Crippen MR) is 83.1 cm³/mol. The summed E-state index contributed by atoms with van der Waals surface area (Å²) in [6.07, 6.45) is 8.52. The third kappa shape index (κ3) is 2.63. The van der Waals surface area contributed by atoms with Crippen LogP contribution in [0.1, 0.15) is 49.7 Å². The van der Waals surface area contributed by atoms with Crippen LogP contribution in [-0.2, 0) is 5.88 Å². The highest BCUT2D eigenvalue weighted by Gasteiger charge is 2.33. The predicted octanol–water partition coefficient (Wildman–Crippen LogP) is 4.89. The standard InChI is InChI=1S/C17H24ClN/c1-13-11-16(9-8-15(13)12-18)19-10-4-7-17(19)14-5-2-3-6-14/h8-9,11,14,17H,2-7,10,12H2,1H3. The minimum absolute atomic E-state index is 0.623. The van der Waals surface area contributed by atoms with E-state index in [1.54, 1.807) is 0 Å². The quantitative estimate of drug-likeness (QED) is 0.711. The van der Waals surface area contributed by atoms with Crippen molar-refractivity contribution < 1.29 is 0 Å². The van der Waals surface area contributed by atoms with E-state index < -0.39 is 0 Å². The van der Waals surface area contributed by atoms with Crippen molar-refractivity contribution >= 4 is 17.3 Å². The lowest BCUT2D eigenvalue weighted by molar-refractivity contribution is 0.431. The highest BCUT2D eigenvalue weighted by Crippen LogP contribution is 2.38. The summed E-state index contributed by atoms with van der Waals surface area (Å²) >= 11 is 5.96. The number of aryl methyl sites for hydroxylation is 1. The summed E-state index contributed by atoms with van der Waals surface area (Å²) < 4.78 is 0. The summed E-state index contributed by atoms with van der Waals surface area (Å²) in [6.45, 7) is 3.42. The summed E-state index contributed by atoms with van der Waals surface area (Å²) in [5, 5.41) is 0. The van der Waals surface area contributed by atoms with E-state index in [9.17, 15) is 0 Å². The number of hydrogen-bond donors (Lipinski definition) is 0. The van der Waals surface area contributed by atoms with Gasteiger partial charge in [0.1, 0.15) is 0 Å². The lowest BCUT2D eigenvalue weighted by Crippen LogP contribution is -2.34. The van der Waals surface area contributed by atoms with Gasteiger partial charge >= 0.3 is 0 Å². The number of halogens is 1. The van der Waals surface area contributed by atoms with Gasteiger partial charge in [-0.3, -0.25) is 0 Å². The maximum absolute atomic E-state index is 5.96. The van der Waals surface area contributed by atoms with Crippen molar-refractivity contribution in [3.05, 3.63) is 29.3 Å². The molecule has 104 valence electrons. The Balaban J connectivity index is 1.81. The van der Waals surface area contributed by atoms with Crippen LogP contribution >= 0.6 is 11.6 Å². The van der Waals surface area contributed by atoms with Crippen molar-refractivity contribution in [3.63, 3.8) is 0 Å². The highest BCUT2D eigenvalue weighted by atomic mass is 35.5. The molecule has 2 aliphatic rings. The van der Waals surface area contributed by atoms with Crippen LogP contribution in [-0.4, -0.2) is 12.6 Å². The second-order valence-corrected chi connectivity index (χ2v) is 6.46. The highest BCUT2D eigenvalue weighted by molar-refractivity contribution is 6.17. The molecule has 0 aromatic heterocycles. The fourth-order valence-electron chi connectivity index (χ4n) is 3.95. The molecule has 0 bridgehead atoms. The van der Waals surface area contributed by atoms with Gasteiger partial charge in [0.25, 0.3) is 0 Å². The Morgan fingerprint density at radius 1 is 1.16 bits per heavy atom. The van der Waals surface area contributed by atoms with Crippen molar-refractivity contribution in [1.82, 2.24) is 0 Å². The SMILES string of the molecule is Cc1cc(N2CCCC2C2CCCC2)ccc1CCl.